The maximum Gasteiger partial charge on any atom is 0.246 e. The largest absolute Gasteiger partial charge is 0.378 e. The molecule has 0 aliphatic carbocycles. The summed E-state index contributed by atoms with van der Waals surface area (Å²) in [5.41, 5.74) is 6.19. The quantitative estimate of drug-likeness (QED) is 0.564. The van der Waals surface area contributed by atoms with Gasteiger partial charge in [-0.15, -0.1) is 11.3 Å². The van der Waals surface area contributed by atoms with E-state index >= 15 is 0 Å². The number of nitrogens with one attached hydrogen (secondary N) is 1. The van der Waals surface area contributed by atoms with Crippen molar-refractivity contribution in [3.05, 3.63) is 46.3 Å². The fourth-order valence-corrected chi connectivity index (χ4v) is 3.96. The van der Waals surface area contributed by atoms with Crippen LogP contribution in [-0.2, 0) is 4.74 Å². The number of hydrogen-bond donors (Lipinski definition) is 1. The monoisotopic (exact) mass is 367 g/mol. The van der Waals surface area contributed by atoms with E-state index in [1.54, 1.807) is 17.6 Å². The van der Waals surface area contributed by atoms with E-state index in [-0.39, 0.29) is 0 Å². The van der Waals surface area contributed by atoms with Crippen molar-refractivity contribution in [2.75, 3.05) is 36.6 Å². The Kier molecular flexibility index (Phi) is 4.81. The van der Waals surface area contributed by atoms with Gasteiger partial charge in [-0.05, 0) is 25.5 Å². The molecule has 1 aliphatic heterocycles. The van der Waals surface area contributed by atoms with Crippen LogP contribution in [0.1, 0.15) is 16.0 Å². The highest BCUT2D eigenvalue weighted by Gasteiger charge is 2.18. The molecule has 3 heterocycles. The van der Waals surface area contributed by atoms with Crippen LogP contribution in [-0.4, -0.2) is 42.5 Å². The summed E-state index contributed by atoms with van der Waals surface area (Å²) in [6, 6.07) is 10.3. The Morgan fingerprint density at radius 2 is 2.04 bits per heavy atom. The van der Waals surface area contributed by atoms with Gasteiger partial charge < -0.3 is 9.64 Å². The number of thiophene rings is 1. The third kappa shape index (κ3) is 3.68. The third-order valence-corrected chi connectivity index (χ3v) is 5.24. The maximum atomic E-state index is 5.47. The number of morpholine rings is 1. The van der Waals surface area contributed by atoms with Gasteiger partial charge in [-0.25, -0.2) is 10.4 Å². The Hall–Kier alpha value is -2.51. The Bertz CT molecular complexity index is 946. The second-order valence-corrected chi connectivity index (χ2v) is 7.58. The van der Waals surface area contributed by atoms with Crippen LogP contribution in [0.3, 0.4) is 0 Å². The van der Waals surface area contributed by atoms with Gasteiger partial charge in [0, 0.05) is 18.0 Å². The van der Waals surface area contributed by atoms with Crippen LogP contribution in [0.25, 0.3) is 10.2 Å². The minimum atomic E-state index is 0.515. The molecule has 2 aromatic heterocycles. The lowest BCUT2D eigenvalue weighted by Gasteiger charge is -2.28. The number of fused-ring (bicyclic) bond motifs is 1. The number of anilines is 2. The number of aryl methyl sites for hydroxylation is 2. The van der Waals surface area contributed by atoms with E-state index in [0.29, 0.717) is 5.95 Å². The number of benzene rings is 1. The molecule has 0 amide bonds. The van der Waals surface area contributed by atoms with Crippen molar-refractivity contribution in [2.24, 2.45) is 5.10 Å². The van der Waals surface area contributed by atoms with Crippen molar-refractivity contribution in [1.29, 1.82) is 0 Å². The van der Waals surface area contributed by atoms with Gasteiger partial charge in [-0.2, -0.15) is 10.1 Å². The number of aromatic nitrogens is 2. The van der Waals surface area contributed by atoms with Crippen molar-refractivity contribution in [2.45, 2.75) is 13.8 Å². The molecular formula is C19H21N5OS. The molecule has 1 saturated heterocycles. The molecule has 1 aliphatic rings. The molecule has 0 radical (unpaired) electrons. The van der Waals surface area contributed by atoms with Crippen LogP contribution in [0, 0.1) is 13.8 Å². The Morgan fingerprint density at radius 1 is 1.19 bits per heavy atom. The molecule has 1 aromatic carbocycles. The Labute approximate surface area is 156 Å². The van der Waals surface area contributed by atoms with Crippen LogP contribution in [0.5, 0.6) is 0 Å². The van der Waals surface area contributed by atoms with Crippen molar-refractivity contribution in [1.82, 2.24) is 9.97 Å². The normalized spacial score (nSPS) is 15.1. The van der Waals surface area contributed by atoms with E-state index in [1.807, 2.05) is 12.1 Å². The van der Waals surface area contributed by atoms with E-state index in [4.69, 9.17) is 9.72 Å². The fourth-order valence-electron chi connectivity index (χ4n) is 2.99. The van der Waals surface area contributed by atoms with Crippen molar-refractivity contribution in [3.8, 4) is 0 Å². The molecule has 1 N–H and O–H groups in total. The molecule has 3 aromatic rings. The lowest BCUT2D eigenvalue weighted by atomic mass is 10.2. The lowest BCUT2D eigenvalue weighted by molar-refractivity contribution is 0.122. The van der Waals surface area contributed by atoms with Gasteiger partial charge in [0.05, 0.1) is 29.6 Å². The third-order valence-electron chi connectivity index (χ3n) is 4.21. The summed E-state index contributed by atoms with van der Waals surface area (Å²) >= 11 is 1.73. The topological polar surface area (TPSA) is 62.6 Å². The second-order valence-electron chi connectivity index (χ2n) is 6.33. The SMILES string of the molecule is Cc1cccc(/C=N/Nc2nc(N3CCOCC3)c3sc(C)cc3n2)c1. The second kappa shape index (κ2) is 7.39. The average molecular weight is 367 g/mol. The first kappa shape index (κ1) is 16.9. The average Bonchev–Trinajstić information content (AvgIpc) is 3.02. The Morgan fingerprint density at radius 3 is 2.85 bits per heavy atom. The highest BCUT2D eigenvalue weighted by atomic mass is 32.1. The van der Waals surface area contributed by atoms with Crippen LogP contribution in [0.2, 0.25) is 0 Å². The minimum Gasteiger partial charge on any atom is -0.378 e. The molecule has 0 unspecified atom stereocenters. The first-order chi connectivity index (χ1) is 12.7. The van der Waals surface area contributed by atoms with Gasteiger partial charge in [0.2, 0.25) is 5.95 Å². The van der Waals surface area contributed by atoms with Crippen LogP contribution >= 0.6 is 11.3 Å². The van der Waals surface area contributed by atoms with E-state index in [2.05, 4.69) is 52.5 Å². The minimum absolute atomic E-state index is 0.515. The van der Waals surface area contributed by atoms with Crippen molar-refractivity contribution < 1.29 is 4.74 Å². The van der Waals surface area contributed by atoms with Crippen molar-refractivity contribution >= 4 is 39.5 Å². The van der Waals surface area contributed by atoms with Gasteiger partial charge >= 0.3 is 0 Å². The first-order valence-corrected chi connectivity index (χ1v) is 9.47. The summed E-state index contributed by atoms with van der Waals surface area (Å²) in [4.78, 5) is 12.8. The van der Waals surface area contributed by atoms with Gasteiger partial charge in [0.25, 0.3) is 0 Å². The zero-order valence-corrected chi connectivity index (χ0v) is 15.7. The number of ether oxygens (including phenoxy) is 1. The van der Waals surface area contributed by atoms with Crippen LogP contribution in [0.4, 0.5) is 11.8 Å². The van der Waals surface area contributed by atoms with Gasteiger partial charge in [0.1, 0.15) is 0 Å². The number of hydrazone groups is 1. The van der Waals surface area contributed by atoms with Gasteiger partial charge in [0.15, 0.2) is 5.82 Å². The zero-order valence-electron chi connectivity index (χ0n) is 14.9. The number of rotatable bonds is 4. The summed E-state index contributed by atoms with van der Waals surface area (Å²) in [5.74, 6) is 1.48. The standard InChI is InChI=1S/C19H21N5OS/c1-13-4-3-5-15(10-13)12-20-23-19-21-16-11-14(2)26-17(16)18(22-19)24-6-8-25-9-7-24/h3-5,10-12H,6-9H2,1-2H3,(H,21,22,23)/b20-12+. The molecule has 1 fully saturated rings. The molecule has 26 heavy (non-hydrogen) atoms. The first-order valence-electron chi connectivity index (χ1n) is 8.66. The lowest BCUT2D eigenvalue weighted by Crippen LogP contribution is -2.36. The molecule has 6 nitrogen and oxygen atoms in total. The molecular weight excluding hydrogens is 346 g/mol. The smallest absolute Gasteiger partial charge is 0.246 e. The predicted molar refractivity (Wildman–Crippen MR) is 108 cm³/mol. The summed E-state index contributed by atoms with van der Waals surface area (Å²) < 4.78 is 6.59. The summed E-state index contributed by atoms with van der Waals surface area (Å²) in [6.07, 6.45) is 1.79. The highest BCUT2D eigenvalue weighted by Crippen LogP contribution is 2.32. The van der Waals surface area contributed by atoms with Gasteiger partial charge in [-0.1, -0.05) is 29.8 Å². The molecule has 0 spiro atoms. The summed E-state index contributed by atoms with van der Waals surface area (Å²) in [7, 11) is 0. The molecule has 0 bridgehead atoms. The van der Waals surface area contributed by atoms with Crippen LogP contribution < -0.4 is 10.3 Å². The maximum absolute atomic E-state index is 5.47. The molecule has 0 atom stereocenters. The van der Waals surface area contributed by atoms with Crippen molar-refractivity contribution in [3.63, 3.8) is 0 Å². The fraction of sp³-hybridized carbons (Fsp3) is 0.316. The Balaban J connectivity index is 1.62. The summed E-state index contributed by atoms with van der Waals surface area (Å²) in [6.45, 7) is 7.30. The molecule has 134 valence electrons. The van der Waals surface area contributed by atoms with Crippen LogP contribution in [0.15, 0.2) is 35.4 Å². The highest BCUT2D eigenvalue weighted by molar-refractivity contribution is 7.19. The molecule has 7 heteroatoms. The van der Waals surface area contributed by atoms with E-state index in [9.17, 15) is 0 Å². The predicted octanol–water partition coefficient (Wildman–Crippen LogP) is 3.59. The zero-order chi connectivity index (χ0) is 17.9. The van der Waals surface area contributed by atoms with E-state index < -0.39 is 0 Å². The molecule has 4 rings (SSSR count). The number of hydrogen-bond acceptors (Lipinski definition) is 7. The van der Waals surface area contributed by atoms with E-state index in [0.717, 1.165) is 47.9 Å². The summed E-state index contributed by atoms with van der Waals surface area (Å²) in [5, 5.41) is 4.31. The van der Waals surface area contributed by atoms with Gasteiger partial charge in [-0.3, -0.25) is 0 Å². The molecule has 0 saturated carbocycles. The van der Waals surface area contributed by atoms with E-state index in [1.165, 1.54) is 10.4 Å². The number of nitrogens with zero attached hydrogens (tertiary/aromatic N) is 4.